The summed E-state index contributed by atoms with van der Waals surface area (Å²) in [6.45, 7) is 1.62. The fourth-order valence-corrected chi connectivity index (χ4v) is 1.03. The molecule has 0 aliphatic carbocycles. The van der Waals surface area contributed by atoms with Crippen LogP contribution in [0.4, 0.5) is 0 Å². The molecule has 12 heavy (non-hydrogen) atoms. The summed E-state index contributed by atoms with van der Waals surface area (Å²) in [6, 6.07) is 0. The number of halogens is 1. The molecule has 1 aromatic heterocycles. The summed E-state index contributed by atoms with van der Waals surface area (Å²) in [6.07, 6.45) is 0. The van der Waals surface area contributed by atoms with Crippen molar-refractivity contribution >= 4 is 15.9 Å². The molecule has 0 saturated carbocycles. The predicted molar refractivity (Wildman–Crippen MR) is 46.3 cm³/mol. The third-order valence-corrected chi connectivity index (χ3v) is 2.30. The molecule has 5 nitrogen and oxygen atoms in total. The molecule has 0 aliphatic heterocycles. The zero-order valence-electron chi connectivity index (χ0n) is 6.55. The third kappa shape index (κ3) is 1.29. The van der Waals surface area contributed by atoms with Gasteiger partial charge in [-0.2, -0.15) is 0 Å². The van der Waals surface area contributed by atoms with Crippen LogP contribution >= 0.6 is 15.9 Å². The summed E-state index contributed by atoms with van der Waals surface area (Å²) < 4.78 is 0.931. The Balaban J connectivity index is 3.64. The van der Waals surface area contributed by atoms with Crippen LogP contribution in [0.25, 0.3) is 0 Å². The van der Waals surface area contributed by atoms with Crippen LogP contribution < -0.4 is 16.1 Å². The molecule has 1 aromatic rings. The topological polar surface area (TPSA) is 64.1 Å². The molecule has 1 N–H and O–H groups in total. The van der Waals surface area contributed by atoms with Crippen LogP contribution in [0.2, 0.25) is 0 Å². The number of nitrogens with one attached hydrogen (secondary N) is 1. The van der Waals surface area contributed by atoms with Gasteiger partial charge in [0.1, 0.15) is 11.6 Å². The van der Waals surface area contributed by atoms with E-state index >= 15 is 0 Å². The molecule has 0 atom stereocenters. The van der Waals surface area contributed by atoms with Crippen molar-refractivity contribution in [3.05, 3.63) is 31.0 Å². The first-order valence-corrected chi connectivity index (χ1v) is 3.93. The van der Waals surface area contributed by atoms with E-state index < -0.39 is 11.2 Å². The van der Waals surface area contributed by atoms with Crippen molar-refractivity contribution in [3.63, 3.8) is 0 Å². The Morgan fingerprint density at radius 2 is 2.08 bits per heavy atom. The number of nitrogens with zero attached hydrogens (tertiary/aromatic N) is 1. The summed E-state index contributed by atoms with van der Waals surface area (Å²) in [5, 5.41) is 0. The molecule has 0 aliphatic rings. The maximum absolute atomic E-state index is 11.2. The normalized spacial score (nSPS) is 9.92. The second-order valence-electron chi connectivity index (χ2n) is 2.15. The van der Waals surface area contributed by atoms with Gasteiger partial charge in [-0.3, -0.25) is 4.79 Å². The predicted octanol–water partition coefficient (Wildman–Crippen LogP) is -0.334. The SMILES string of the molecule is COn1c(=O)[nH]c(C)c(Br)c1=O. The van der Waals surface area contributed by atoms with Gasteiger partial charge in [-0.25, -0.2) is 4.79 Å². The first-order valence-electron chi connectivity index (χ1n) is 3.14. The molecular formula is C6H7BrN2O3. The lowest BCUT2D eigenvalue weighted by molar-refractivity contribution is 0.143. The van der Waals surface area contributed by atoms with Crippen molar-refractivity contribution in [2.75, 3.05) is 7.11 Å². The standard InChI is InChI=1S/C6H7BrN2O3/c1-3-4(7)5(10)9(12-2)6(11)8-3/h1-2H3,(H,8,11). The van der Waals surface area contributed by atoms with E-state index in [-0.39, 0.29) is 0 Å². The molecule has 0 radical (unpaired) electrons. The van der Waals surface area contributed by atoms with E-state index in [0.29, 0.717) is 14.9 Å². The lowest BCUT2D eigenvalue weighted by Crippen LogP contribution is -2.39. The molecule has 6 heteroatoms. The number of H-pyrrole nitrogens is 1. The van der Waals surface area contributed by atoms with Crippen LogP contribution in [0.5, 0.6) is 0 Å². The minimum Gasteiger partial charge on any atom is -0.409 e. The summed E-state index contributed by atoms with van der Waals surface area (Å²) in [5.41, 5.74) is -0.597. The first kappa shape index (κ1) is 9.05. The van der Waals surface area contributed by atoms with Gasteiger partial charge in [0.05, 0.1) is 0 Å². The van der Waals surface area contributed by atoms with Gasteiger partial charge in [0.2, 0.25) is 0 Å². The highest BCUT2D eigenvalue weighted by Gasteiger charge is 2.07. The highest BCUT2D eigenvalue weighted by Crippen LogP contribution is 2.03. The average molecular weight is 235 g/mol. The molecule has 0 unspecified atom stereocenters. The van der Waals surface area contributed by atoms with Crippen molar-refractivity contribution in [1.82, 2.24) is 9.71 Å². The van der Waals surface area contributed by atoms with Gasteiger partial charge in [0, 0.05) is 5.69 Å². The van der Waals surface area contributed by atoms with E-state index in [1.54, 1.807) is 6.92 Å². The van der Waals surface area contributed by atoms with E-state index in [9.17, 15) is 9.59 Å². The number of aromatic nitrogens is 2. The van der Waals surface area contributed by atoms with Gasteiger partial charge >= 0.3 is 11.2 Å². The monoisotopic (exact) mass is 234 g/mol. The van der Waals surface area contributed by atoms with Crippen LogP contribution in [-0.4, -0.2) is 16.8 Å². The number of aromatic amines is 1. The van der Waals surface area contributed by atoms with E-state index in [1.807, 2.05) is 0 Å². The van der Waals surface area contributed by atoms with Crippen molar-refractivity contribution in [1.29, 1.82) is 0 Å². The molecule has 66 valence electrons. The van der Waals surface area contributed by atoms with Crippen molar-refractivity contribution in [2.24, 2.45) is 0 Å². The molecule has 1 rings (SSSR count). The molecule has 0 amide bonds. The van der Waals surface area contributed by atoms with E-state index in [4.69, 9.17) is 0 Å². The Labute approximate surface area is 76.1 Å². The van der Waals surface area contributed by atoms with E-state index in [0.717, 1.165) is 0 Å². The van der Waals surface area contributed by atoms with E-state index in [2.05, 4.69) is 25.8 Å². The van der Waals surface area contributed by atoms with Crippen LogP contribution in [0.3, 0.4) is 0 Å². The summed E-state index contributed by atoms with van der Waals surface area (Å²) >= 11 is 3.02. The Bertz CT molecular complexity index is 406. The van der Waals surface area contributed by atoms with Gasteiger partial charge in [-0.15, -0.1) is 0 Å². The second kappa shape index (κ2) is 3.14. The fourth-order valence-electron chi connectivity index (χ4n) is 0.774. The highest BCUT2D eigenvalue weighted by atomic mass is 79.9. The molecule has 0 spiro atoms. The molecule has 1 heterocycles. The maximum Gasteiger partial charge on any atom is 0.362 e. The quantitative estimate of drug-likeness (QED) is 0.724. The van der Waals surface area contributed by atoms with Crippen molar-refractivity contribution in [3.8, 4) is 0 Å². The van der Waals surface area contributed by atoms with Crippen molar-refractivity contribution < 1.29 is 4.84 Å². The van der Waals surface area contributed by atoms with Gasteiger partial charge in [-0.1, -0.05) is 4.73 Å². The average Bonchev–Trinajstić information content (AvgIpc) is 2.01. The molecule has 0 aromatic carbocycles. The van der Waals surface area contributed by atoms with Gasteiger partial charge in [-0.05, 0) is 22.9 Å². The zero-order chi connectivity index (χ0) is 9.30. The summed E-state index contributed by atoms with van der Waals surface area (Å²) in [5.74, 6) is 0. The van der Waals surface area contributed by atoms with Crippen LogP contribution in [0.1, 0.15) is 5.69 Å². The Hall–Kier alpha value is -1.04. The molecular weight excluding hydrogens is 228 g/mol. The number of rotatable bonds is 1. The lowest BCUT2D eigenvalue weighted by atomic mass is 10.5. The molecule has 0 fully saturated rings. The minimum absolute atomic E-state index is 0.295. The number of aryl methyl sites for hydroxylation is 1. The Kier molecular flexibility index (Phi) is 2.37. The smallest absolute Gasteiger partial charge is 0.362 e. The maximum atomic E-state index is 11.2. The highest BCUT2D eigenvalue weighted by molar-refractivity contribution is 9.10. The van der Waals surface area contributed by atoms with Crippen LogP contribution in [-0.2, 0) is 0 Å². The molecule has 0 bridgehead atoms. The molecule has 0 saturated heterocycles. The summed E-state index contributed by atoms with van der Waals surface area (Å²) in [4.78, 5) is 29.2. The van der Waals surface area contributed by atoms with Gasteiger partial charge in [0.15, 0.2) is 0 Å². The van der Waals surface area contributed by atoms with Crippen LogP contribution in [0.15, 0.2) is 14.1 Å². The largest absolute Gasteiger partial charge is 0.409 e. The van der Waals surface area contributed by atoms with E-state index in [1.165, 1.54) is 7.11 Å². The second-order valence-corrected chi connectivity index (χ2v) is 2.94. The summed E-state index contributed by atoms with van der Waals surface area (Å²) in [7, 11) is 1.25. The lowest BCUT2D eigenvalue weighted by Gasteiger charge is -2.02. The Morgan fingerprint density at radius 1 is 1.50 bits per heavy atom. The minimum atomic E-state index is -0.580. The third-order valence-electron chi connectivity index (χ3n) is 1.36. The Morgan fingerprint density at radius 3 is 2.58 bits per heavy atom. The first-order chi connectivity index (χ1) is 5.57. The van der Waals surface area contributed by atoms with Crippen molar-refractivity contribution in [2.45, 2.75) is 6.92 Å². The fraction of sp³-hybridized carbons (Fsp3) is 0.333. The number of hydrogen-bond donors (Lipinski definition) is 1. The van der Waals surface area contributed by atoms with Gasteiger partial charge < -0.3 is 9.82 Å². The van der Waals surface area contributed by atoms with Crippen LogP contribution in [0, 0.1) is 6.92 Å². The zero-order valence-corrected chi connectivity index (χ0v) is 8.14. The van der Waals surface area contributed by atoms with Gasteiger partial charge in [0.25, 0.3) is 0 Å². The number of hydrogen-bond acceptors (Lipinski definition) is 3.